The molecule has 1 N–H and O–H groups in total. The summed E-state index contributed by atoms with van der Waals surface area (Å²) in [6, 6.07) is 10.6. The number of nitrogens with one attached hydrogen (secondary N) is 1. The van der Waals surface area contributed by atoms with E-state index in [1.807, 2.05) is 29.2 Å². The van der Waals surface area contributed by atoms with Gasteiger partial charge in [0.2, 0.25) is 0 Å². The lowest BCUT2D eigenvalue weighted by molar-refractivity contribution is 0.179. The van der Waals surface area contributed by atoms with Crippen LogP contribution in [-0.2, 0) is 6.54 Å². The van der Waals surface area contributed by atoms with Crippen LogP contribution < -0.4 is 5.32 Å². The SMILES string of the molecule is O=C(NCc1nc2ccccc2n1C1CC1)N1CCC(c2ccon2)CC1. The summed E-state index contributed by atoms with van der Waals surface area (Å²) in [6.07, 6.45) is 5.83. The molecule has 140 valence electrons. The molecule has 7 heteroatoms. The third kappa shape index (κ3) is 3.18. The number of carbonyl (C=O) groups is 1. The second-order valence-corrected chi connectivity index (χ2v) is 7.46. The molecule has 3 heterocycles. The highest BCUT2D eigenvalue weighted by molar-refractivity contribution is 5.77. The molecule has 1 aliphatic carbocycles. The smallest absolute Gasteiger partial charge is 0.317 e. The minimum absolute atomic E-state index is 0.0111. The Morgan fingerprint density at radius 1 is 1.15 bits per heavy atom. The van der Waals surface area contributed by atoms with Gasteiger partial charge in [-0.05, 0) is 37.8 Å². The van der Waals surface area contributed by atoms with Gasteiger partial charge in [0.1, 0.15) is 12.1 Å². The van der Waals surface area contributed by atoms with E-state index in [2.05, 4.69) is 21.1 Å². The standard InChI is InChI=1S/C20H23N5O2/c26-20(24-10-7-14(8-11-24)16-9-12-27-23-16)21-13-19-22-17-3-1-2-4-18(17)25(19)15-5-6-15/h1-4,9,12,14-15H,5-8,10-11,13H2,(H,21,26). The highest BCUT2D eigenvalue weighted by Crippen LogP contribution is 2.38. The molecule has 2 aromatic heterocycles. The molecule has 5 rings (SSSR count). The van der Waals surface area contributed by atoms with Crippen LogP contribution in [0, 0.1) is 0 Å². The molecule has 1 saturated heterocycles. The van der Waals surface area contributed by atoms with Crippen molar-refractivity contribution < 1.29 is 9.32 Å². The topological polar surface area (TPSA) is 76.2 Å². The van der Waals surface area contributed by atoms with Crippen LogP contribution in [0.1, 0.15) is 49.2 Å². The summed E-state index contributed by atoms with van der Waals surface area (Å²) in [7, 11) is 0. The molecule has 0 atom stereocenters. The highest BCUT2D eigenvalue weighted by atomic mass is 16.5. The zero-order valence-corrected chi connectivity index (χ0v) is 15.2. The number of nitrogens with zero attached hydrogens (tertiary/aromatic N) is 4. The maximum atomic E-state index is 12.6. The Kier molecular flexibility index (Phi) is 4.07. The zero-order chi connectivity index (χ0) is 18.2. The number of rotatable bonds is 4. The maximum absolute atomic E-state index is 12.6. The molecule has 1 saturated carbocycles. The minimum atomic E-state index is -0.0111. The lowest BCUT2D eigenvalue weighted by atomic mass is 9.94. The first kappa shape index (κ1) is 16.4. The van der Waals surface area contributed by atoms with Gasteiger partial charge in [-0.3, -0.25) is 0 Å². The molecule has 3 aromatic rings. The quantitative estimate of drug-likeness (QED) is 0.768. The predicted octanol–water partition coefficient (Wildman–Crippen LogP) is 3.45. The third-order valence-corrected chi connectivity index (χ3v) is 5.64. The van der Waals surface area contributed by atoms with Gasteiger partial charge in [-0.2, -0.15) is 0 Å². The fourth-order valence-electron chi connectivity index (χ4n) is 4.04. The highest BCUT2D eigenvalue weighted by Gasteiger charge is 2.29. The number of imidazole rings is 1. The molecule has 0 spiro atoms. The molecule has 0 bridgehead atoms. The average Bonchev–Trinajstić information content (AvgIpc) is 3.26. The van der Waals surface area contributed by atoms with Gasteiger partial charge < -0.3 is 19.3 Å². The summed E-state index contributed by atoms with van der Waals surface area (Å²) >= 11 is 0. The molecule has 27 heavy (non-hydrogen) atoms. The number of hydrogen-bond acceptors (Lipinski definition) is 4. The molecule has 2 fully saturated rings. The summed E-state index contributed by atoms with van der Waals surface area (Å²) in [5.74, 6) is 1.33. The van der Waals surface area contributed by atoms with E-state index in [1.54, 1.807) is 6.26 Å². The van der Waals surface area contributed by atoms with Gasteiger partial charge in [-0.15, -0.1) is 0 Å². The second-order valence-electron chi connectivity index (χ2n) is 7.46. The van der Waals surface area contributed by atoms with Crippen LogP contribution in [0.2, 0.25) is 0 Å². The van der Waals surface area contributed by atoms with Crippen molar-refractivity contribution in [3.05, 3.63) is 48.1 Å². The van der Waals surface area contributed by atoms with E-state index in [1.165, 1.54) is 12.8 Å². The van der Waals surface area contributed by atoms with Gasteiger partial charge in [0.05, 0.1) is 23.3 Å². The van der Waals surface area contributed by atoms with E-state index < -0.39 is 0 Å². The molecule has 1 aromatic carbocycles. The van der Waals surface area contributed by atoms with Crippen molar-refractivity contribution in [3.8, 4) is 0 Å². The summed E-state index contributed by atoms with van der Waals surface area (Å²) < 4.78 is 7.24. The second kappa shape index (κ2) is 6.72. The number of para-hydroxylation sites is 2. The van der Waals surface area contributed by atoms with Gasteiger partial charge in [0.15, 0.2) is 0 Å². The van der Waals surface area contributed by atoms with Gasteiger partial charge in [-0.25, -0.2) is 9.78 Å². The van der Waals surface area contributed by atoms with Crippen LogP contribution in [0.3, 0.4) is 0 Å². The molecular formula is C20H23N5O2. The number of aromatic nitrogens is 3. The first-order valence-corrected chi connectivity index (χ1v) is 9.68. The number of likely N-dealkylation sites (tertiary alicyclic amines) is 1. The molecule has 1 aliphatic heterocycles. The summed E-state index contributed by atoms with van der Waals surface area (Å²) in [6.45, 7) is 1.94. The summed E-state index contributed by atoms with van der Waals surface area (Å²) in [5.41, 5.74) is 3.16. The van der Waals surface area contributed by atoms with Crippen molar-refractivity contribution in [1.29, 1.82) is 0 Å². The van der Waals surface area contributed by atoms with Gasteiger partial charge in [-0.1, -0.05) is 17.3 Å². The normalized spacial score (nSPS) is 18.1. The Morgan fingerprint density at radius 2 is 1.96 bits per heavy atom. The van der Waals surface area contributed by atoms with E-state index >= 15 is 0 Å². The van der Waals surface area contributed by atoms with E-state index in [-0.39, 0.29) is 6.03 Å². The van der Waals surface area contributed by atoms with Crippen LogP contribution in [0.15, 0.2) is 41.1 Å². The van der Waals surface area contributed by atoms with Crippen LogP contribution >= 0.6 is 0 Å². The monoisotopic (exact) mass is 365 g/mol. The molecule has 7 nitrogen and oxygen atoms in total. The first-order chi connectivity index (χ1) is 13.3. The van der Waals surface area contributed by atoms with E-state index in [4.69, 9.17) is 9.51 Å². The van der Waals surface area contributed by atoms with Crippen molar-refractivity contribution in [3.63, 3.8) is 0 Å². The Bertz CT molecular complexity index is 937. The number of hydrogen-bond donors (Lipinski definition) is 1. The molecule has 2 amide bonds. The molecule has 2 aliphatic rings. The Morgan fingerprint density at radius 3 is 2.70 bits per heavy atom. The Hall–Kier alpha value is -2.83. The van der Waals surface area contributed by atoms with Crippen molar-refractivity contribution >= 4 is 17.1 Å². The van der Waals surface area contributed by atoms with Crippen molar-refractivity contribution in [2.45, 2.75) is 44.2 Å². The van der Waals surface area contributed by atoms with E-state index in [0.717, 1.165) is 48.5 Å². The number of benzene rings is 1. The van der Waals surface area contributed by atoms with E-state index in [0.29, 0.717) is 18.5 Å². The molecular weight excluding hydrogens is 342 g/mol. The molecule has 0 unspecified atom stereocenters. The first-order valence-electron chi connectivity index (χ1n) is 9.68. The number of amides is 2. The summed E-state index contributed by atoms with van der Waals surface area (Å²) in [5, 5.41) is 7.11. The number of urea groups is 1. The maximum Gasteiger partial charge on any atom is 0.317 e. The van der Waals surface area contributed by atoms with Crippen LogP contribution in [0.4, 0.5) is 4.79 Å². The van der Waals surface area contributed by atoms with Crippen molar-refractivity contribution in [2.24, 2.45) is 0 Å². The fourth-order valence-corrected chi connectivity index (χ4v) is 4.04. The lowest BCUT2D eigenvalue weighted by Crippen LogP contribution is -2.44. The van der Waals surface area contributed by atoms with Gasteiger partial charge in [0.25, 0.3) is 0 Å². The number of fused-ring (bicyclic) bond motifs is 1. The van der Waals surface area contributed by atoms with Crippen LogP contribution in [0.5, 0.6) is 0 Å². The Balaban J connectivity index is 1.23. The lowest BCUT2D eigenvalue weighted by Gasteiger charge is -2.31. The van der Waals surface area contributed by atoms with Gasteiger partial charge >= 0.3 is 6.03 Å². The number of carbonyl (C=O) groups excluding carboxylic acids is 1. The third-order valence-electron chi connectivity index (χ3n) is 5.64. The van der Waals surface area contributed by atoms with Crippen molar-refractivity contribution in [1.82, 2.24) is 24.9 Å². The van der Waals surface area contributed by atoms with Crippen LogP contribution in [0.25, 0.3) is 11.0 Å². The summed E-state index contributed by atoms with van der Waals surface area (Å²) in [4.78, 5) is 19.3. The number of piperidine rings is 1. The fraction of sp³-hybridized carbons (Fsp3) is 0.450. The van der Waals surface area contributed by atoms with Gasteiger partial charge in [0, 0.05) is 31.1 Å². The predicted molar refractivity (Wildman–Crippen MR) is 100 cm³/mol. The van der Waals surface area contributed by atoms with Crippen molar-refractivity contribution in [2.75, 3.05) is 13.1 Å². The largest absolute Gasteiger partial charge is 0.365 e. The molecule has 0 radical (unpaired) electrons. The average molecular weight is 365 g/mol. The van der Waals surface area contributed by atoms with Crippen LogP contribution in [-0.4, -0.2) is 38.7 Å². The minimum Gasteiger partial charge on any atom is -0.365 e. The Labute approximate surface area is 157 Å². The van der Waals surface area contributed by atoms with E-state index in [9.17, 15) is 4.79 Å². The zero-order valence-electron chi connectivity index (χ0n) is 15.2.